The zero-order valence-electron chi connectivity index (χ0n) is 12.0. The molecule has 2 bridgehead atoms. The van der Waals surface area contributed by atoms with E-state index in [0.29, 0.717) is 22.5 Å². The Morgan fingerprint density at radius 2 is 1.94 bits per heavy atom. The molecule has 0 unspecified atom stereocenters. The lowest BCUT2D eigenvalue weighted by atomic mass is 9.65. The molecule has 1 heteroatoms. The number of rotatable bonds is 1. The van der Waals surface area contributed by atoms with Crippen LogP contribution in [-0.4, -0.2) is 5.11 Å². The van der Waals surface area contributed by atoms with Crippen molar-refractivity contribution in [3.8, 4) is 5.75 Å². The molecule has 3 rings (SSSR count). The fourth-order valence-corrected chi connectivity index (χ4v) is 4.63. The normalized spacial score (nSPS) is 37.1. The van der Waals surface area contributed by atoms with Crippen LogP contribution in [0.4, 0.5) is 0 Å². The quantitative estimate of drug-likeness (QED) is 0.763. The number of hydrogen-bond donors (Lipinski definition) is 1. The Morgan fingerprint density at radius 3 is 2.50 bits per heavy atom. The average Bonchev–Trinajstić information content (AvgIpc) is 2.64. The van der Waals surface area contributed by atoms with Gasteiger partial charge in [0.2, 0.25) is 0 Å². The lowest BCUT2D eigenvalue weighted by Crippen LogP contribution is -2.31. The lowest BCUT2D eigenvalue weighted by molar-refractivity contribution is 0.133. The van der Waals surface area contributed by atoms with Crippen LogP contribution >= 0.6 is 0 Å². The van der Waals surface area contributed by atoms with Gasteiger partial charge in [0.05, 0.1) is 0 Å². The topological polar surface area (TPSA) is 20.2 Å². The fourth-order valence-electron chi connectivity index (χ4n) is 4.63. The van der Waals surface area contributed by atoms with Gasteiger partial charge in [0, 0.05) is 0 Å². The van der Waals surface area contributed by atoms with Crippen molar-refractivity contribution in [1.82, 2.24) is 0 Å². The molecule has 1 nitrogen and oxygen atoms in total. The van der Waals surface area contributed by atoms with Gasteiger partial charge in [0.15, 0.2) is 0 Å². The van der Waals surface area contributed by atoms with Gasteiger partial charge in [-0.2, -0.15) is 0 Å². The van der Waals surface area contributed by atoms with Crippen molar-refractivity contribution >= 4 is 0 Å². The van der Waals surface area contributed by atoms with E-state index < -0.39 is 0 Å². The van der Waals surface area contributed by atoms with Crippen molar-refractivity contribution in [3.63, 3.8) is 0 Å². The number of hydrogen-bond acceptors (Lipinski definition) is 1. The Labute approximate surface area is 110 Å². The van der Waals surface area contributed by atoms with E-state index in [9.17, 15) is 5.11 Å². The Bertz CT molecular complexity index is 488. The first kappa shape index (κ1) is 12.1. The average molecular weight is 244 g/mol. The van der Waals surface area contributed by atoms with Crippen molar-refractivity contribution < 1.29 is 5.11 Å². The maximum absolute atomic E-state index is 10.2. The first-order valence-electron chi connectivity index (χ1n) is 7.16. The smallest absolute Gasteiger partial charge is 0.119 e. The van der Waals surface area contributed by atoms with E-state index in [1.165, 1.54) is 30.4 Å². The summed E-state index contributed by atoms with van der Waals surface area (Å²) in [6.45, 7) is 9.41. The summed E-state index contributed by atoms with van der Waals surface area (Å²) < 4.78 is 0. The minimum Gasteiger partial charge on any atom is -0.508 e. The van der Waals surface area contributed by atoms with Crippen LogP contribution in [0.1, 0.15) is 57.1 Å². The number of fused-ring (bicyclic) bond motifs is 2. The number of benzene rings is 1. The van der Waals surface area contributed by atoms with E-state index in [1.807, 2.05) is 12.1 Å². The van der Waals surface area contributed by atoms with E-state index in [-0.39, 0.29) is 0 Å². The zero-order chi connectivity index (χ0) is 13.1. The van der Waals surface area contributed by atoms with E-state index in [4.69, 9.17) is 0 Å². The maximum atomic E-state index is 10.2. The van der Waals surface area contributed by atoms with Gasteiger partial charge in [-0.1, -0.05) is 38.5 Å². The molecule has 0 aliphatic heterocycles. The molecule has 3 atom stereocenters. The highest BCUT2D eigenvalue weighted by Gasteiger charge is 2.61. The second-order valence-corrected chi connectivity index (χ2v) is 7.23. The molecule has 0 radical (unpaired) electrons. The van der Waals surface area contributed by atoms with Crippen LogP contribution in [0, 0.1) is 23.7 Å². The summed E-state index contributed by atoms with van der Waals surface area (Å²) in [6.07, 6.45) is 3.93. The molecular weight excluding hydrogens is 220 g/mol. The predicted octanol–water partition coefficient (Wildman–Crippen LogP) is 4.63. The molecule has 1 aromatic rings. The number of phenolic OH excluding ortho intramolecular Hbond substituents is 1. The van der Waals surface area contributed by atoms with Crippen LogP contribution in [-0.2, 0) is 0 Å². The zero-order valence-corrected chi connectivity index (χ0v) is 12.0. The monoisotopic (exact) mass is 244 g/mol. The maximum Gasteiger partial charge on any atom is 0.119 e. The Hall–Kier alpha value is -0.980. The first-order chi connectivity index (χ1) is 8.36. The van der Waals surface area contributed by atoms with Gasteiger partial charge in [-0.3, -0.25) is 0 Å². The van der Waals surface area contributed by atoms with Crippen molar-refractivity contribution in [2.45, 2.75) is 52.9 Å². The third kappa shape index (κ3) is 1.34. The minimum atomic E-state index is 0.350. The number of phenols is 1. The van der Waals surface area contributed by atoms with Gasteiger partial charge in [0.25, 0.3) is 0 Å². The molecule has 2 aliphatic carbocycles. The molecule has 0 amide bonds. The molecular formula is C17H24O. The van der Waals surface area contributed by atoms with Crippen LogP contribution in [0.15, 0.2) is 18.2 Å². The van der Waals surface area contributed by atoms with E-state index in [1.54, 1.807) is 0 Å². The van der Waals surface area contributed by atoms with Crippen molar-refractivity contribution in [2.75, 3.05) is 0 Å². The molecule has 2 saturated carbocycles. The molecule has 98 valence electrons. The second kappa shape index (κ2) is 3.53. The summed E-state index contributed by atoms with van der Waals surface area (Å²) in [4.78, 5) is 0. The lowest BCUT2D eigenvalue weighted by Gasteiger charge is -2.39. The summed E-state index contributed by atoms with van der Waals surface area (Å²) in [5.41, 5.74) is 3.20. The van der Waals surface area contributed by atoms with Gasteiger partial charge >= 0.3 is 0 Å². The second-order valence-electron chi connectivity index (χ2n) is 7.23. The Balaban J connectivity index is 2.07. The fraction of sp³-hybridized carbons (Fsp3) is 0.647. The van der Waals surface area contributed by atoms with Crippen LogP contribution in [0.2, 0.25) is 0 Å². The van der Waals surface area contributed by atoms with Crippen molar-refractivity contribution in [2.24, 2.45) is 16.7 Å². The standard InChI is InChI=1S/C17H24O/c1-11-5-6-15(18)13(9-11)14-10-12-7-8-17(14,4)16(12,2)3/h5-6,9,12,14,18H,7-8,10H2,1-4H3/t12-,14+,17+/m0/s1. The number of aryl methyl sites for hydroxylation is 1. The van der Waals surface area contributed by atoms with Gasteiger partial charge in [-0.05, 0) is 60.5 Å². The molecule has 0 aromatic heterocycles. The van der Waals surface area contributed by atoms with E-state index >= 15 is 0 Å². The minimum absolute atomic E-state index is 0.350. The van der Waals surface area contributed by atoms with Crippen LogP contribution < -0.4 is 0 Å². The summed E-state index contributed by atoms with van der Waals surface area (Å²) in [6, 6.07) is 6.06. The third-order valence-electron chi connectivity index (χ3n) is 6.35. The molecule has 2 aliphatic rings. The molecule has 0 heterocycles. The van der Waals surface area contributed by atoms with Crippen LogP contribution in [0.3, 0.4) is 0 Å². The van der Waals surface area contributed by atoms with Gasteiger partial charge < -0.3 is 5.11 Å². The Morgan fingerprint density at radius 1 is 1.22 bits per heavy atom. The van der Waals surface area contributed by atoms with E-state index in [2.05, 4.69) is 33.8 Å². The molecule has 0 spiro atoms. The van der Waals surface area contributed by atoms with Gasteiger partial charge in [0.1, 0.15) is 5.75 Å². The summed E-state index contributed by atoms with van der Waals surface area (Å²) in [5, 5.41) is 10.2. The van der Waals surface area contributed by atoms with Crippen LogP contribution in [0.5, 0.6) is 5.75 Å². The molecule has 0 saturated heterocycles. The highest BCUT2D eigenvalue weighted by molar-refractivity contribution is 5.41. The molecule has 2 fully saturated rings. The van der Waals surface area contributed by atoms with Crippen molar-refractivity contribution in [3.05, 3.63) is 29.3 Å². The SMILES string of the molecule is Cc1ccc(O)c([C@H]2C[C@@H]3CC[C@@]2(C)C3(C)C)c1. The Kier molecular flexibility index (Phi) is 2.36. The largest absolute Gasteiger partial charge is 0.508 e. The summed E-state index contributed by atoms with van der Waals surface area (Å²) >= 11 is 0. The highest BCUT2D eigenvalue weighted by Crippen LogP contribution is 2.71. The van der Waals surface area contributed by atoms with Gasteiger partial charge in [-0.15, -0.1) is 0 Å². The molecule has 1 aromatic carbocycles. The summed E-state index contributed by atoms with van der Waals surface area (Å²) in [7, 11) is 0. The highest BCUT2D eigenvalue weighted by atomic mass is 16.3. The van der Waals surface area contributed by atoms with Gasteiger partial charge in [-0.25, -0.2) is 0 Å². The van der Waals surface area contributed by atoms with E-state index in [0.717, 1.165) is 5.92 Å². The van der Waals surface area contributed by atoms with Crippen LogP contribution in [0.25, 0.3) is 0 Å². The molecule has 18 heavy (non-hydrogen) atoms. The predicted molar refractivity (Wildman–Crippen MR) is 74.8 cm³/mol. The molecule has 1 N–H and O–H groups in total. The first-order valence-corrected chi connectivity index (χ1v) is 7.16. The third-order valence-corrected chi connectivity index (χ3v) is 6.35. The number of aromatic hydroxyl groups is 1. The van der Waals surface area contributed by atoms with Crippen molar-refractivity contribution in [1.29, 1.82) is 0 Å². The summed E-state index contributed by atoms with van der Waals surface area (Å²) in [5.74, 6) is 1.86.